The second-order valence-electron chi connectivity index (χ2n) is 6.33. The first-order valence-corrected chi connectivity index (χ1v) is 10.8. The van der Waals surface area contributed by atoms with E-state index in [0.29, 0.717) is 22.3 Å². The average molecular weight is 462 g/mol. The number of nitrogens with zero attached hydrogens (tertiary/aromatic N) is 1. The molecule has 0 unspecified atom stereocenters. The van der Waals surface area contributed by atoms with Crippen LogP contribution in [0.3, 0.4) is 0 Å². The first kappa shape index (κ1) is 22.5. The van der Waals surface area contributed by atoms with Crippen molar-refractivity contribution < 1.29 is 27.4 Å². The van der Waals surface area contributed by atoms with Crippen molar-refractivity contribution in [2.24, 2.45) is 0 Å². The number of sulfonamides is 1. The Morgan fingerprint density at radius 3 is 1.77 bits per heavy atom. The highest BCUT2D eigenvalue weighted by atomic mass is 35.5. The molecular formula is C22H20ClNO6S. The summed E-state index contributed by atoms with van der Waals surface area (Å²) >= 11 is 5.90. The second kappa shape index (κ2) is 9.28. The fraction of sp³-hybridized carbons (Fsp3) is 0.136. The first-order chi connectivity index (χ1) is 14.8. The van der Waals surface area contributed by atoms with Gasteiger partial charge in [-0.3, -0.25) is 4.79 Å². The van der Waals surface area contributed by atoms with E-state index in [1.807, 2.05) is 0 Å². The lowest BCUT2D eigenvalue weighted by atomic mass is 10.1. The Hall–Kier alpha value is -3.23. The molecule has 3 rings (SSSR count). The first-order valence-electron chi connectivity index (χ1n) is 9.02. The van der Waals surface area contributed by atoms with Crippen LogP contribution in [0.25, 0.3) is 0 Å². The molecule has 0 aliphatic rings. The number of rotatable bonds is 7. The summed E-state index contributed by atoms with van der Waals surface area (Å²) in [6, 6.07) is 16.2. The van der Waals surface area contributed by atoms with Gasteiger partial charge in [0.15, 0.2) is 0 Å². The number of benzene rings is 3. The lowest BCUT2D eigenvalue weighted by molar-refractivity contribution is 0.100. The van der Waals surface area contributed by atoms with E-state index >= 15 is 0 Å². The highest BCUT2D eigenvalue weighted by Gasteiger charge is 2.32. The summed E-state index contributed by atoms with van der Waals surface area (Å²) in [6.07, 6.45) is 0. The van der Waals surface area contributed by atoms with Crippen LogP contribution in [0.4, 0.5) is 5.69 Å². The lowest BCUT2D eigenvalue weighted by Gasteiger charge is -2.23. The molecule has 0 N–H and O–H groups in total. The summed E-state index contributed by atoms with van der Waals surface area (Å²) in [5.41, 5.74) is 0.215. The van der Waals surface area contributed by atoms with Gasteiger partial charge in [-0.05, 0) is 60.7 Å². The number of amides is 1. The van der Waals surface area contributed by atoms with E-state index in [0.717, 1.165) is 4.31 Å². The maximum absolute atomic E-state index is 13.5. The Bertz CT molecular complexity index is 1160. The molecule has 3 aromatic rings. The summed E-state index contributed by atoms with van der Waals surface area (Å²) in [5.74, 6) is 0.433. The molecule has 0 saturated heterocycles. The Morgan fingerprint density at radius 2 is 1.29 bits per heavy atom. The predicted octanol–water partition coefficient (Wildman–Crippen LogP) is 4.40. The highest BCUT2D eigenvalue weighted by Crippen LogP contribution is 2.30. The molecule has 162 valence electrons. The second-order valence-corrected chi connectivity index (χ2v) is 8.55. The molecule has 0 atom stereocenters. The van der Waals surface area contributed by atoms with Crippen LogP contribution < -0.4 is 18.5 Å². The quantitative estimate of drug-likeness (QED) is 0.518. The minimum absolute atomic E-state index is 0.0737. The number of carbonyl (C=O) groups excluding carboxylic acids is 1. The van der Waals surface area contributed by atoms with E-state index in [2.05, 4.69) is 0 Å². The van der Waals surface area contributed by atoms with Crippen LogP contribution in [-0.2, 0) is 10.0 Å². The van der Waals surface area contributed by atoms with E-state index in [1.165, 1.54) is 69.9 Å². The van der Waals surface area contributed by atoms with E-state index < -0.39 is 15.9 Å². The molecule has 0 aliphatic heterocycles. The molecule has 0 aromatic heterocycles. The smallest absolute Gasteiger partial charge is 0.272 e. The lowest BCUT2D eigenvalue weighted by Crippen LogP contribution is -2.37. The molecule has 0 aliphatic carbocycles. The highest BCUT2D eigenvalue weighted by molar-refractivity contribution is 7.93. The van der Waals surface area contributed by atoms with Gasteiger partial charge in [-0.2, -0.15) is 4.31 Å². The maximum atomic E-state index is 13.5. The van der Waals surface area contributed by atoms with Gasteiger partial charge < -0.3 is 14.2 Å². The minimum atomic E-state index is -4.27. The Kier molecular flexibility index (Phi) is 6.72. The van der Waals surface area contributed by atoms with Gasteiger partial charge in [0, 0.05) is 16.7 Å². The molecule has 3 aromatic carbocycles. The number of halogens is 1. The van der Waals surface area contributed by atoms with Crippen LogP contribution in [0.5, 0.6) is 17.2 Å². The third-order valence-corrected chi connectivity index (χ3v) is 6.42. The number of hydrogen-bond acceptors (Lipinski definition) is 6. The van der Waals surface area contributed by atoms with E-state index in [4.69, 9.17) is 25.8 Å². The SMILES string of the molecule is COc1ccc(N(C(=O)c2cc(OC)cc(OC)c2)S(=O)(=O)c2ccc(Cl)cc2)cc1. The molecule has 7 nitrogen and oxygen atoms in total. The summed E-state index contributed by atoms with van der Waals surface area (Å²) in [6.45, 7) is 0. The van der Waals surface area contributed by atoms with E-state index in [-0.39, 0.29) is 16.1 Å². The van der Waals surface area contributed by atoms with Crippen LogP contribution in [0.1, 0.15) is 10.4 Å². The van der Waals surface area contributed by atoms with Crippen molar-refractivity contribution in [3.63, 3.8) is 0 Å². The summed E-state index contributed by atoms with van der Waals surface area (Å²) < 4.78 is 43.3. The molecule has 0 radical (unpaired) electrons. The van der Waals surface area contributed by atoms with Gasteiger partial charge in [-0.25, -0.2) is 8.42 Å². The summed E-state index contributed by atoms with van der Waals surface area (Å²) in [7, 11) is 0.0951. The van der Waals surface area contributed by atoms with Crippen LogP contribution in [0, 0.1) is 0 Å². The van der Waals surface area contributed by atoms with Crippen molar-refractivity contribution >= 4 is 33.2 Å². The van der Waals surface area contributed by atoms with Crippen LogP contribution in [-0.4, -0.2) is 35.7 Å². The van der Waals surface area contributed by atoms with Gasteiger partial charge in [0.2, 0.25) is 0 Å². The molecular weight excluding hydrogens is 442 g/mol. The number of carbonyl (C=O) groups is 1. The van der Waals surface area contributed by atoms with Crippen LogP contribution in [0.2, 0.25) is 5.02 Å². The number of methoxy groups -OCH3 is 3. The number of hydrogen-bond donors (Lipinski definition) is 0. The van der Waals surface area contributed by atoms with Gasteiger partial charge >= 0.3 is 0 Å². The van der Waals surface area contributed by atoms with Gasteiger partial charge in [0.05, 0.1) is 31.9 Å². The zero-order chi connectivity index (χ0) is 22.6. The fourth-order valence-electron chi connectivity index (χ4n) is 2.84. The Morgan fingerprint density at radius 1 is 0.774 bits per heavy atom. The number of ether oxygens (including phenoxy) is 3. The molecule has 0 bridgehead atoms. The minimum Gasteiger partial charge on any atom is -0.497 e. The average Bonchev–Trinajstić information content (AvgIpc) is 2.79. The van der Waals surface area contributed by atoms with Crippen LogP contribution >= 0.6 is 11.6 Å². The molecule has 9 heteroatoms. The molecule has 0 heterocycles. The Labute approximate surface area is 185 Å². The van der Waals surface area contributed by atoms with Crippen molar-refractivity contribution in [1.82, 2.24) is 0 Å². The third-order valence-electron chi connectivity index (χ3n) is 4.44. The topological polar surface area (TPSA) is 82.1 Å². The molecule has 0 spiro atoms. The van der Waals surface area contributed by atoms with E-state index in [9.17, 15) is 13.2 Å². The van der Waals surface area contributed by atoms with Crippen molar-refractivity contribution in [1.29, 1.82) is 0 Å². The van der Waals surface area contributed by atoms with Crippen molar-refractivity contribution in [3.05, 3.63) is 77.3 Å². The zero-order valence-electron chi connectivity index (χ0n) is 17.0. The van der Waals surface area contributed by atoms with Crippen LogP contribution in [0.15, 0.2) is 71.6 Å². The molecule has 0 fully saturated rings. The molecule has 1 amide bonds. The zero-order valence-corrected chi connectivity index (χ0v) is 18.6. The third kappa shape index (κ3) is 4.76. The normalized spacial score (nSPS) is 11.0. The summed E-state index contributed by atoms with van der Waals surface area (Å²) in [5, 5.41) is 0.374. The van der Waals surface area contributed by atoms with Gasteiger partial charge in [0.1, 0.15) is 17.2 Å². The van der Waals surface area contributed by atoms with Crippen molar-refractivity contribution in [2.45, 2.75) is 4.90 Å². The van der Waals surface area contributed by atoms with Gasteiger partial charge in [0.25, 0.3) is 15.9 Å². The summed E-state index contributed by atoms with van der Waals surface area (Å²) in [4.78, 5) is 13.4. The van der Waals surface area contributed by atoms with Crippen molar-refractivity contribution in [2.75, 3.05) is 25.6 Å². The van der Waals surface area contributed by atoms with Crippen molar-refractivity contribution in [3.8, 4) is 17.2 Å². The van der Waals surface area contributed by atoms with E-state index in [1.54, 1.807) is 18.2 Å². The molecule has 31 heavy (non-hydrogen) atoms. The Balaban J connectivity index is 2.18. The fourth-order valence-corrected chi connectivity index (χ4v) is 4.38. The largest absolute Gasteiger partial charge is 0.497 e. The molecule has 0 saturated carbocycles. The monoisotopic (exact) mass is 461 g/mol. The maximum Gasteiger partial charge on any atom is 0.272 e. The predicted molar refractivity (Wildman–Crippen MR) is 118 cm³/mol. The number of anilines is 1. The van der Waals surface area contributed by atoms with Gasteiger partial charge in [-0.1, -0.05) is 11.6 Å². The standard InChI is InChI=1S/C22H20ClNO6S/c1-28-18-8-6-17(7-9-18)24(31(26,27)21-10-4-16(23)5-11-21)22(25)15-12-19(29-2)14-20(13-15)30-3/h4-14H,1-3H3. The van der Waals surface area contributed by atoms with Gasteiger partial charge in [-0.15, -0.1) is 0 Å².